The summed E-state index contributed by atoms with van der Waals surface area (Å²) in [6.45, 7) is 1.75. The van der Waals surface area contributed by atoms with Gasteiger partial charge in [0.1, 0.15) is 12.4 Å². The number of anilines is 2. The first kappa shape index (κ1) is 22.3. The lowest BCUT2D eigenvalue weighted by atomic mass is 9.73. The average Bonchev–Trinajstić information content (AvgIpc) is 2.84. The van der Waals surface area contributed by atoms with E-state index in [1.54, 1.807) is 12.0 Å². The van der Waals surface area contributed by atoms with Crippen molar-refractivity contribution in [3.05, 3.63) is 53.6 Å². The molecule has 2 aromatic rings. The van der Waals surface area contributed by atoms with Gasteiger partial charge < -0.3 is 24.4 Å². The molecule has 4 rings (SSSR count). The Labute approximate surface area is 188 Å². The number of aryl methyl sites for hydroxylation is 1. The van der Waals surface area contributed by atoms with Crippen molar-refractivity contribution in [1.29, 1.82) is 0 Å². The number of ether oxygens (including phenoxy) is 3. The van der Waals surface area contributed by atoms with E-state index in [0.717, 1.165) is 35.4 Å². The van der Waals surface area contributed by atoms with Crippen molar-refractivity contribution in [2.24, 2.45) is 0 Å². The van der Waals surface area contributed by atoms with Gasteiger partial charge in [-0.25, -0.2) is 0 Å². The predicted octanol–water partition coefficient (Wildman–Crippen LogP) is 3.31. The van der Waals surface area contributed by atoms with Crippen LogP contribution in [0.3, 0.4) is 0 Å². The molecule has 0 aromatic heterocycles. The summed E-state index contributed by atoms with van der Waals surface area (Å²) in [5.74, 6) is 0.624. The van der Waals surface area contributed by atoms with E-state index in [2.05, 4.69) is 5.32 Å². The summed E-state index contributed by atoms with van der Waals surface area (Å²) in [6.07, 6.45) is 3.03. The lowest BCUT2D eigenvalue weighted by Crippen LogP contribution is -2.45. The Kier molecular flexibility index (Phi) is 6.77. The molecule has 1 saturated heterocycles. The number of hydrogen-bond donors (Lipinski definition) is 1. The number of methoxy groups -OCH3 is 2. The monoisotopic (exact) mass is 438 g/mol. The van der Waals surface area contributed by atoms with Crippen molar-refractivity contribution < 1.29 is 23.8 Å². The number of rotatable bonds is 6. The van der Waals surface area contributed by atoms with E-state index in [1.807, 2.05) is 42.5 Å². The molecule has 0 unspecified atom stereocenters. The Hall–Kier alpha value is -2.90. The van der Waals surface area contributed by atoms with Crippen LogP contribution < -0.4 is 15.0 Å². The fourth-order valence-corrected chi connectivity index (χ4v) is 4.64. The summed E-state index contributed by atoms with van der Waals surface area (Å²) in [5.41, 5.74) is 2.92. The third-order valence-electron chi connectivity index (χ3n) is 6.45. The van der Waals surface area contributed by atoms with Crippen LogP contribution >= 0.6 is 0 Å². The van der Waals surface area contributed by atoms with Crippen LogP contribution in [-0.4, -0.2) is 52.4 Å². The van der Waals surface area contributed by atoms with E-state index >= 15 is 0 Å². The summed E-state index contributed by atoms with van der Waals surface area (Å²) >= 11 is 0. The first-order valence-corrected chi connectivity index (χ1v) is 11.0. The number of fused-ring (bicyclic) bond motifs is 1. The van der Waals surface area contributed by atoms with E-state index in [4.69, 9.17) is 14.2 Å². The number of nitrogens with zero attached hydrogens (tertiary/aromatic N) is 1. The van der Waals surface area contributed by atoms with Gasteiger partial charge in [-0.2, -0.15) is 0 Å². The Bertz CT molecular complexity index is 967. The Morgan fingerprint density at radius 1 is 1.09 bits per heavy atom. The van der Waals surface area contributed by atoms with Crippen LogP contribution in [0.4, 0.5) is 11.4 Å². The molecule has 1 N–H and O–H groups in total. The van der Waals surface area contributed by atoms with Crippen LogP contribution in [0.5, 0.6) is 5.75 Å². The highest BCUT2D eigenvalue weighted by atomic mass is 16.5. The third kappa shape index (κ3) is 4.36. The fourth-order valence-electron chi connectivity index (χ4n) is 4.64. The molecule has 2 aliphatic heterocycles. The van der Waals surface area contributed by atoms with E-state index in [1.165, 1.54) is 7.11 Å². The summed E-state index contributed by atoms with van der Waals surface area (Å²) in [5, 5.41) is 3.13. The van der Waals surface area contributed by atoms with Crippen LogP contribution in [0, 0.1) is 0 Å². The quantitative estimate of drug-likeness (QED) is 0.749. The van der Waals surface area contributed by atoms with E-state index in [9.17, 15) is 9.59 Å². The zero-order valence-electron chi connectivity index (χ0n) is 18.7. The standard InChI is InChI=1S/C25H30N2O5/c1-30-17-23(28)27-13-3-4-18-5-8-20(16-22(18)27)26-24(29)25(11-14-32-15-12-25)19-6-9-21(31-2)10-7-19/h5-10,16H,3-4,11-15,17H2,1-2H3,(H,26,29). The van der Waals surface area contributed by atoms with E-state index in [0.29, 0.717) is 38.3 Å². The maximum absolute atomic E-state index is 13.6. The number of carbonyl (C=O) groups is 2. The predicted molar refractivity (Wildman–Crippen MR) is 122 cm³/mol. The van der Waals surface area contributed by atoms with Crippen molar-refractivity contribution >= 4 is 23.2 Å². The van der Waals surface area contributed by atoms with Crippen LogP contribution in [-0.2, 0) is 30.9 Å². The molecule has 2 aromatic carbocycles. The highest BCUT2D eigenvalue weighted by Crippen LogP contribution is 2.38. The summed E-state index contributed by atoms with van der Waals surface area (Å²) in [6, 6.07) is 13.5. The molecule has 2 aliphatic rings. The molecular weight excluding hydrogens is 408 g/mol. The van der Waals surface area contributed by atoms with E-state index in [-0.39, 0.29) is 18.4 Å². The second-order valence-corrected chi connectivity index (χ2v) is 8.30. The van der Waals surface area contributed by atoms with Gasteiger partial charge >= 0.3 is 0 Å². The molecular formula is C25H30N2O5. The van der Waals surface area contributed by atoms with Crippen molar-refractivity contribution in [2.45, 2.75) is 31.1 Å². The van der Waals surface area contributed by atoms with Crippen molar-refractivity contribution in [1.82, 2.24) is 0 Å². The Morgan fingerprint density at radius 2 is 1.84 bits per heavy atom. The first-order chi connectivity index (χ1) is 15.6. The van der Waals surface area contributed by atoms with E-state index < -0.39 is 5.41 Å². The topological polar surface area (TPSA) is 77.1 Å². The number of nitrogens with one attached hydrogen (secondary N) is 1. The second kappa shape index (κ2) is 9.71. The molecule has 2 heterocycles. The van der Waals surface area contributed by atoms with Crippen molar-refractivity contribution in [3.63, 3.8) is 0 Å². The number of amides is 2. The maximum atomic E-state index is 13.6. The van der Waals surface area contributed by atoms with Gasteiger partial charge in [0, 0.05) is 38.2 Å². The Balaban J connectivity index is 1.61. The van der Waals surface area contributed by atoms with Crippen LogP contribution in [0.15, 0.2) is 42.5 Å². The smallest absolute Gasteiger partial charge is 0.252 e. The molecule has 7 nitrogen and oxygen atoms in total. The lowest BCUT2D eigenvalue weighted by molar-refractivity contribution is -0.125. The molecule has 170 valence electrons. The minimum Gasteiger partial charge on any atom is -0.497 e. The summed E-state index contributed by atoms with van der Waals surface area (Å²) < 4.78 is 15.9. The Morgan fingerprint density at radius 3 is 2.53 bits per heavy atom. The molecule has 0 spiro atoms. The number of carbonyl (C=O) groups excluding carboxylic acids is 2. The van der Waals surface area contributed by atoms with Crippen molar-refractivity contribution in [3.8, 4) is 5.75 Å². The van der Waals surface area contributed by atoms with Gasteiger partial charge in [0.25, 0.3) is 5.91 Å². The molecule has 0 atom stereocenters. The first-order valence-electron chi connectivity index (χ1n) is 11.0. The molecule has 32 heavy (non-hydrogen) atoms. The normalized spacial score (nSPS) is 17.4. The SMILES string of the molecule is COCC(=O)N1CCCc2ccc(NC(=O)C3(c4ccc(OC)cc4)CCOCC3)cc21. The minimum absolute atomic E-state index is 0.0383. The molecule has 0 aliphatic carbocycles. The van der Waals surface area contributed by atoms with Gasteiger partial charge in [0.05, 0.1) is 12.5 Å². The third-order valence-corrected chi connectivity index (χ3v) is 6.45. The molecule has 7 heteroatoms. The zero-order valence-corrected chi connectivity index (χ0v) is 18.7. The molecule has 0 bridgehead atoms. The van der Waals surface area contributed by atoms with Crippen LogP contribution in [0.25, 0.3) is 0 Å². The fraction of sp³-hybridized carbons (Fsp3) is 0.440. The van der Waals surface area contributed by atoms with Gasteiger partial charge in [-0.05, 0) is 61.1 Å². The van der Waals surface area contributed by atoms with Gasteiger partial charge in [-0.1, -0.05) is 18.2 Å². The largest absolute Gasteiger partial charge is 0.497 e. The second-order valence-electron chi connectivity index (χ2n) is 8.30. The maximum Gasteiger partial charge on any atom is 0.252 e. The molecule has 2 amide bonds. The molecule has 1 fully saturated rings. The summed E-state index contributed by atoms with van der Waals surface area (Å²) in [7, 11) is 3.15. The number of hydrogen-bond acceptors (Lipinski definition) is 5. The van der Waals surface area contributed by atoms with Gasteiger partial charge in [0.2, 0.25) is 5.91 Å². The van der Waals surface area contributed by atoms with Crippen LogP contribution in [0.2, 0.25) is 0 Å². The highest BCUT2D eigenvalue weighted by molar-refractivity contribution is 6.01. The zero-order chi connectivity index (χ0) is 22.6. The van der Waals surface area contributed by atoms with Crippen molar-refractivity contribution in [2.75, 3.05) is 50.8 Å². The molecule has 0 radical (unpaired) electrons. The van der Waals surface area contributed by atoms with Gasteiger partial charge in [-0.15, -0.1) is 0 Å². The minimum atomic E-state index is -0.675. The van der Waals surface area contributed by atoms with Crippen LogP contribution in [0.1, 0.15) is 30.4 Å². The summed E-state index contributed by atoms with van der Waals surface area (Å²) in [4.78, 5) is 27.9. The lowest BCUT2D eigenvalue weighted by Gasteiger charge is -2.36. The highest BCUT2D eigenvalue weighted by Gasteiger charge is 2.42. The van der Waals surface area contributed by atoms with Gasteiger partial charge in [0.15, 0.2) is 0 Å². The molecule has 0 saturated carbocycles. The number of benzene rings is 2. The average molecular weight is 439 g/mol. The van der Waals surface area contributed by atoms with Gasteiger partial charge in [-0.3, -0.25) is 9.59 Å².